The molecular weight excluding hydrogens is 378 g/mol. The highest BCUT2D eigenvalue weighted by Crippen LogP contribution is 2.32. The molecule has 1 aromatic carbocycles. The fourth-order valence-corrected chi connectivity index (χ4v) is 3.57. The quantitative estimate of drug-likeness (QED) is 0.816. The smallest absolute Gasteiger partial charge is 0.265 e. The highest BCUT2D eigenvalue weighted by Gasteiger charge is 2.20. The van der Waals surface area contributed by atoms with Crippen molar-refractivity contribution in [2.24, 2.45) is 0 Å². The van der Waals surface area contributed by atoms with Gasteiger partial charge in [-0.2, -0.15) is 0 Å². The molecule has 0 saturated heterocycles. The topological polar surface area (TPSA) is 71.1 Å². The van der Waals surface area contributed by atoms with Gasteiger partial charge in [-0.05, 0) is 47.1 Å². The molecule has 1 heterocycles. The monoisotopic (exact) mass is 389 g/mol. The maximum absolute atomic E-state index is 12.5. The third-order valence-corrected chi connectivity index (χ3v) is 5.40. The number of halogens is 2. The Labute approximate surface area is 136 Å². The highest BCUT2D eigenvalue weighted by molar-refractivity contribution is 9.10. The first kappa shape index (κ1) is 16.1. The number of nitrogens with one attached hydrogen (secondary N) is 2. The lowest BCUT2D eigenvalue weighted by Gasteiger charge is -2.13. The van der Waals surface area contributed by atoms with Gasteiger partial charge in [0.15, 0.2) is 0 Å². The molecule has 0 saturated carbocycles. The van der Waals surface area contributed by atoms with Crippen molar-refractivity contribution >= 4 is 49.1 Å². The van der Waals surface area contributed by atoms with Crippen molar-refractivity contribution in [2.75, 3.05) is 16.6 Å². The van der Waals surface area contributed by atoms with Crippen molar-refractivity contribution in [3.63, 3.8) is 0 Å². The molecule has 112 valence electrons. The summed E-state index contributed by atoms with van der Waals surface area (Å²) in [5.41, 5.74) is 0.369. The van der Waals surface area contributed by atoms with E-state index in [1.807, 2.05) is 6.92 Å². The zero-order valence-corrected chi connectivity index (χ0v) is 14.3. The third-order valence-electron chi connectivity index (χ3n) is 2.60. The molecule has 0 spiro atoms. The van der Waals surface area contributed by atoms with Crippen LogP contribution < -0.4 is 10.0 Å². The summed E-state index contributed by atoms with van der Waals surface area (Å²) >= 11 is 9.23. The Balaban J connectivity index is 2.41. The average molecular weight is 391 g/mol. The van der Waals surface area contributed by atoms with Crippen LogP contribution in [-0.4, -0.2) is 19.9 Å². The maximum atomic E-state index is 12.5. The van der Waals surface area contributed by atoms with Crippen LogP contribution in [0.4, 0.5) is 11.5 Å². The van der Waals surface area contributed by atoms with Crippen molar-refractivity contribution in [3.8, 4) is 0 Å². The van der Waals surface area contributed by atoms with Crippen LogP contribution in [0.2, 0.25) is 5.02 Å². The number of sulfonamides is 1. The van der Waals surface area contributed by atoms with E-state index in [1.54, 1.807) is 24.3 Å². The van der Waals surface area contributed by atoms with Gasteiger partial charge in [-0.15, -0.1) is 0 Å². The first-order valence-electron chi connectivity index (χ1n) is 6.11. The van der Waals surface area contributed by atoms with E-state index in [4.69, 9.17) is 11.6 Å². The minimum absolute atomic E-state index is 0.0822. The van der Waals surface area contributed by atoms with Crippen molar-refractivity contribution in [1.82, 2.24) is 4.98 Å². The van der Waals surface area contributed by atoms with Gasteiger partial charge in [-0.25, -0.2) is 13.4 Å². The van der Waals surface area contributed by atoms with E-state index in [9.17, 15) is 8.42 Å². The minimum atomic E-state index is -3.77. The van der Waals surface area contributed by atoms with Gasteiger partial charge in [0, 0.05) is 12.7 Å². The van der Waals surface area contributed by atoms with E-state index in [0.29, 0.717) is 27.5 Å². The van der Waals surface area contributed by atoms with E-state index in [-0.39, 0.29) is 4.90 Å². The molecule has 0 bridgehead atoms. The van der Waals surface area contributed by atoms with Crippen molar-refractivity contribution in [3.05, 3.63) is 46.0 Å². The number of nitrogens with zero attached hydrogens (tertiary/aromatic N) is 1. The summed E-state index contributed by atoms with van der Waals surface area (Å²) in [7, 11) is -3.77. The lowest BCUT2D eigenvalue weighted by molar-refractivity contribution is 0.601. The van der Waals surface area contributed by atoms with Crippen LogP contribution in [0.1, 0.15) is 6.92 Å². The number of hydrogen-bond acceptors (Lipinski definition) is 4. The Hall–Kier alpha value is -1.31. The van der Waals surface area contributed by atoms with Gasteiger partial charge in [0.05, 0.1) is 15.2 Å². The molecule has 21 heavy (non-hydrogen) atoms. The first-order chi connectivity index (χ1) is 9.95. The largest absolute Gasteiger partial charge is 0.369 e. The van der Waals surface area contributed by atoms with E-state index in [2.05, 4.69) is 31.0 Å². The number of rotatable bonds is 5. The molecule has 0 aliphatic rings. The Morgan fingerprint density at radius 2 is 2.05 bits per heavy atom. The van der Waals surface area contributed by atoms with Gasteiger partial charge in [0.2, 0.25) is 0 Å². The SMILES string of the molecule is CCNc1ncccc1S(=O)(=O)Nc1cccc(Cl)c1Br. The number of pyridine rings is 1. The number of anilines is 2. The van der Waals surface area contributed by atoms with Crippen LogP contribution in [0.15, 0.2) is 45.9 Å². The summed E-state index contributed by atoms with van der Waals surface area (Å²) in [6.07, 6.45) is 1.53. The third kappa shape index (κ3) is 3.66. The number of hydrogen-bond donors (Lipinski definition) is 2. The summed E-state index contributed by atoms with van der Waals surface area (Å²) in [5, 5.41) is 3.35. The predicted molar refractivity (Wildman–Crippen MR) is 88.4 cm³/mol. The number of aromatic nitrogens is 1. The molecule has 0 aliphatic carbocycles. The molecule has 0 amide bonds. The minimum Gasteiger partial charge on any atom is -0.369 e. The van der Waals surface area contributed by atoms with Crippen LogP contribution >= 0.6 is 27.5 Å². The molecule has 1 aromatic heterocycles. The maximum Gasteiger partial charge on any atom is 0.265 e. The molecule has 2 aromatic rings. The molecular formula is C13H13BrClN3O2S. The second-order valence-corrected chi connectivity index (χ2v) is 6.94. The fourth-order valence-electron chi connectivity index (χ4n) is 1.69. The standard InChI is InChI=1S/C13H13BrClN3O2S/c1-2-16-13-11(7-4-8-17-13)21(19,20)18-10-6-3-5-9(15)12(10)14/h3-8,18H,2H2,1H3,(H,16,17). The van der Waals surface area contributed by atoms with Crippen molar-refractivity contribution in [1.29, 1.82) is 0 Å². The van der Waals surface area contributed by atoms with Crippen LogP contribution in [0, 0.1) is 0 Å². The van der Waals surface area contributed by atoms with Crippen molar-refractivity contribution in [2.45, 2.75) is 11.8 Å². The molecule has 2 rings (SSSR count). The second-order valence-electron chi connectivity index (χ2n) is 4.09. The Bertz CT molecular complexity index is 753. The summed E-state index contributed by atoms with van der Waals surface area (Å²) in [6.45, 7) is 2.44. The molecule has 0 unspecified atom stereocenters. The van der Waals surface area contributed by atoms with Gasteiger partial charge >= 0.3 is 0 Å². The molecule has 5 nitrogen and oxygen atoms in total. The molecule has 0 fully saturated rings. The van der Waals surface area contributed by atoms with Crippen LogP contribution in [0.3, 0.4) is 0 Å². The van der Waals surface area contributed by atoms with E-state index >= 15 is 0 Å². The number of benzene rings is 1. The first-order valence-corrected chi connectivity index (χ1v) is 8.77. The van der Waals surface area contributed by atoms with Crippen LogP contribution in [-0.2, 0) is 10.0 Å². The Kier molecular flexibility index (Phi) is 5.08. The summed E-state index contributed by atoms with van der Waals surface area (Å²) in [6, 6.07) is 8.02. The molecule has 2 N–H and O–H groups in total. The lowest BCUT2D eigenvalue weighted by atomic mass is 10.3. The predicted octanol–water partition coefficient (Wildman–Crippen LogP) is 3.73. The zero-order valence-electron chi connectivity index (χ0n) is 11.1. The normalized spacial score (nSPS) is 11.2. The van der Waals surface area contributed by atoms with Gasteiger partial charge in [-0.3, -0.25) is 4.72 Å². The van der Waals surface area contributed by atoms with E-state index in [1.165, 1.54) is 12.3 Å². The van der Waals surface area contributed by atoms with Gasteiger partial charge in [-0.1, -0.05) is 17.7 Å². The lowest BCUT2D eigenvalue weighted by Crippen LogP contribution is -2.16. The molecule has 8 heteroatoms. The highest BCUT2D eigenvalue weighted by atomic mass is 79.9. The summed E-state index contributed by atoms with van der Waals surface area (Å²) in [5.74, 6) is 0.311. The van der Waals surface area contributed by atoms with Crippen LogP contribution in [0.5, 0.6) is 0 Å². The Morgan fingerprint density at radius 3 is 2.76 bits per heavy atom. The molecule has 0 radical (unpaired) electrons. The van der Waals surface area contributed by atoms with E-state index in [0.717, 1.165) is 0 Å². The average Bonchev–Trinajstić information content (AvgIpc) is 2.44. The summed E-state index contributed by atoms with van der Waals surface area (Å²) < 4.78 is 28.0. The second kappa shape index (κ2) is 6.64. The van der Waals surface area contributed by atoms with Crippen LogP contribution in [0.25, 0.3) is 0 Å². The fraction of sp³-hybridized carbons (Fsp3) is 0.154. The molecule has 0 atom stereocenters. The zero-order chi connectivity index (χ0) is 15.5. The van der Waals surface area contributed by atoms with Gasteiger partial charge in [0.1, 0.15) is 10.7 Å². The molecule has 0 aliphatic heterocycles. The van der Waals surface area contributed by atoms with Crippen molar-refractivity contribution < 1.29 is 8.42 Å². The summed E-state index contributed by atoms with van der Waals surface area (Å²) in [4.78, 5) is 4.13. The Morgan fingerprint density at radius 1 is 1.29 bits per heavy atom. The van der Waals surface area contributed by atoms with E-state index < -0.39 is 10.0 Å². The van der Waals surface area contributed by atoms with Gasteiger partial charge in [0.25, 0.3) is 10.0 Å². The van der Waals surface area contributed by atoms with Gasteiger partial charge < -0.3 is 5.32 Å².